The average Bonchev–Trinajstić information content (AvgIpc) is 2.90. The largest absolute Gasteiger partial charge is 0.377 e. The molecular formula is C15H21N. The number of anilines is 1. The van der Waals surface area contributed by atoms with E-state index in [1.807, 2.05) is 0 Å². The molecule has 1 aromatic rings. The van der Waals surface area contributed by atoms with Crippen LogP contribution in [0.4, 0.5) is 5.69 Å². The fourth-order valence-corrected chi connectivity index (χ4v) is 3.83. The summed E-state index contributed by atoms with van der Waals surface area (Å²) in [6.07, 6.45) is 5.89. The highest BCUT2D eigenvalue weighted by Gasteiger charge is 2.40. The minimum atomic E-state index is 0.845. The van der Waals surface area contributed by atoms with Crippen molar-refractivity contribution in [2.24, 2.45) is 11.8 Å². The molecule has 2 bridgehead atoms. The van der Waals surface area contributed by atoms with Gasteiger partial charge < -0.3 is 4.90 Å². The van der Waals surface area contributed by atoms with E-state index in [0.717, 1.165) is 17.8 Å². The van der Waals surface area contributed by atoms with Crippen molar-refractivity contribution in [3.05, 3.63) is 29.8 Å². The molecule has 3 atom stereocenters. The number of nitrogens with zero attached hydrogens (tertiary/aromatic N) is 1. The highest BCUT2D eigenvalue weighted by Crippen LogP contribution is 2.54. The van der Waals surface area contributed by atoms with Gasteiger partial charge in [0.1, 0.15) is 0 Å². The Morgan fingerprint density at radius 1 is 1.06 bits per heavy atom. The number of fused-ring (bicyclic) bond motifs is 2. The summed E-state index contributed by atoms with van der Waals surface area (Å²) in [6, 6.07) is 8.97. The monoisotopic (exact) mass is 215 g/mol. The molecule has 0 heterocycles. The second-order valence-electron chi connectivity index (χ2n) is 5.73. The maximum Gasteiger partial charge on any atom is 0.0396 e. The smallest absolute Gasteiger partial charge is 0.0396 e. The van der Waals surface area contributed by atoms with E-state index in [2.05, 4.69) is 43.3 Å². The molecule has 0 aromatic heterocycles. The molecule has 0 saturated heterocycles. The predicted molar refractivity (Wildman–Crippen MR) is 69.0 cm³/mol. The zero-order valence-electron chi connectivity index (χ0n) is 10.3. The summed E-state index contributed by atoms with van der Waals surface area (Å²) in [6.45, 7) is 0. The first-order valence-electron chi connectivity index (χ1n) is 6.52. The number of para-hydroxylation sites is 1. The van der Waals surface area contributed by atoms with Crippen molar-refractivity contribution in [2.45, 2.75) is 31.6 Å². The van der Waals surface area contributed by atoms with Gasteiger partial charge in [-0.3, -0.25) is 0 Å². The van der Waals surface area contributed by atoms with Crippen LogP contribution in [-0.2, 0) is 0 Å². The lowest BCUT2D eigenvalue weighted by atomic mass is 9.82. The molecule has 2 aliphatic carbocycles. The normalized spacial score (nSPS) is 32.0. The van der Waals surface area contributed by atoms with Crippen molar-refractivity contribution in [1.82, 2.24) is 0 Å². The van der Waals surface area contributed by atoms with E-state index < -0.39 is 0 Å². The Hall–Kier alpha value is -0.980. The minimum Gasteiger partial charge on any atom is -0.377 e. The first kappa shape index (κ1) is 10.2. The van der Waals surface area contributed by atoms with Crippen LogP contribution in [0.2, 0.25) is 0 Å². The third-order valence-corrected chi connectivity index (χ3v) is 4.56. The van der Waals surface area contributed by atoms with E-state index in [0.29, 0.717) is 0 Å². The van der Waals surface area contributed by atoms with Gasteiger partial charge in [0.2, 0.25) is 0 Å². The van der Waals surface area contributed by atoms with Crippen molar-refractivity contribution < 1.29 is 0 Å². The van der Waals surface area contributed by atoms with Crippen molar-refractivity contribution in [3.63, 3.8) is 0 Å². The van der Waals surface area contributed by atoms with Crippen molar-refractivity contribution in [1.29, 1.82) is 0 Å². The Kier molecular flexibility index (Phi) is 2.42. The Bertz CT molecular complexity index is 383. The molecule has 1 heteroatoms. The van der Waals surface area contributed by atoms with Crippen LogP contribution < -0.4 is 4.90 Å². The molecule has 2 aliphatic rings. The molecule has 0 aliphatic heterocycles. The first-order chi connectivity index (χ1) is 7.75. The molecule has 2 saturated carbocycles. The Labute approximate surface area is 98.5 Å². The summed E-state index contributed by atoms with van der Waals surface area (Å²) in [4.78, 5) is 2.27. The van der Waals surface area contributed by atoms with Gasteiger partial charge in [-0.15, -0.1) is 0 Å². The van der Waals surface area contributed by atoms with Gasteiger partial charge in [-0.05, 0) is 48.6 Å². The maximum atomic E-state index is 2.35. The van der Waals surface area contributed by atoms with Gasteiger partial charge in [0.05, 0.1) is 0 Å². The molecule has 86 valence electrons. The first-order valence-corrected chi connectivity index (χ1v) is 6.52. The van der Waals surface area contributed by atoms with Gasteiger partial charge in [0, 0.05) is 19.8 Å². The summed E-state index contributed by atoms with van der Waals surface area (Å²) in [5.74, 6) is 2.86. The minimum absolute atomic E-state index is 0.845. The Morgan fingerprint density at radius 3 is 2.50 bits per heavy atom. The second-order valence-corrected chi connectivity index (χ2v) is 5.73. The van der Waals surface area contributed by atoms with Crippen LogP contribution in [0.1, 0.15) is 37.2 Å². The quantitative estimate of drug-likeness (QED) is 0.727. The number of hydrogen-bond donors (Lipinski definition) is 0. The number of rotatable bonds is 2. The average molecular weight is 215 g/mol. The highest BCUT2D eigenvalue weighted by molar-refractivity contribution is 5.54. The van der Waals surface area contributed by atoms with Crippen molar-refractivity contribution in [3.8, 4) is 0 Å². The van der Waals surface area contributed by atoms with E-state index in [4.69, 9.17) is 0 Å². The predicted octanol–water partition coefficient (Wildman–Crippen LogP) is 3.66. The zero-order chi connectivity index (χ0) is 11.1. The van der Waals surface area contributed by atoms with Crippen LogP contribution in [-0.4, -0.2) is 14.1 Å². The van der Waals surface area contributed by atoms with Gasteiger partial charge in [0.15, 0.2) is 0 Å². The lowest BCUT2D eigenvalue weighted by molar-refractivity contribution is 0.420. The van der Waals surface area contributed by atoms with E-state index in [1.165, 1.54) is 31.4 Å². The van der Waals surface area contributed by atoms with E-state index >= 15 is 0 Å². The zero-order valence-corrected chi connectivity index (χ0v) is 10.3. The van der Waals surface area contributed by atoms with Gasteiger partial charge in [0.25, 0.3) is 0 Å². The standard InChI is InChI=1S/C15H21N/c1-16(2)15-6-4-3-5-13(15)14-10-11-7-8-12(14)9-11/h3-6,11-12,14H,7-10H2,1-2H3. The SMILES string of the molecule is CN(C)c1ccccc1C1CC2CCC1C2. The van der Waals surface area contributed by atoms with Crippen LogP contribution in [0, 0.1) is 11.8 Å². The van der Waals surface area contributed by atoms with Gasteiger partial charge in [-0.25, -0.2) is 0 Å². The maximum absolute atomic E-state index is 2.35. The van der Waals surface area contributed by atoms with Crippen molar-refractivity contribution >= 4 is 5.69 Å². The fourth-order valence-electron chi connectivity index (χ4n) is 3.83. The second kappa shape index (κ2) is 3.80. The molecule has 3 unspecified atom stereocenters. The molecular weight excluding hydrogens is 194 g/mol. The molecule has 16 heavy (non-hydrogen) atoms. The molecule has 0 amide bonds. The van der Waals surface area contributed by atoms with Crippen LogP contribution >= 0.6 is 0 Å². The fraction of sp³-hybridized carbons (Fsp3) is 0.600. The molecule has 1 nitrogen and oxygen atoms in total. The number of hydrogen-bond acceptors (Lipinski definition) is 1. The van der Waals surface area contributed by atoms with Crippen LogP contribution in [0.15, 0.2) is 24.3 Å². The van der Waals surface area contributed by atoms with E-state index in [-0.39, 0.29) is 0 Å². The lowest BCUT2D eigenvalue weighted by Crippen LogP contribution is -2.16. The third kappa shape index (κ3) is 1.53. The summed E-state index contributed by atoms with van der Waals surface area (Å²) in [5, 5.41) is 0. The third-order valence-electron chi connectivity index (χ3n) is 4.56. The molecule has 0 N–H and O–H groups in total. The summed E-state index contributed by atoms with van der Waals surface area (Å²) < 4.78 is 0. The Morgan fingerprint density at radius 2 is 1.88 bits per heavy atom. The summed E-state index contributed by atoms with van der Waals surface area (Å²) in [7, 11) is 4.32. The molecule has 2 fully saturated rings. The molecule has 1 aromatic carbocycles. The summed E-state index contributed by atoms with van der Waals surface area (Å²) >= 11 is 0. The molecule has 0 spiro atoms. The van der Waals surface area contributed by atoms with Gasteiger partial charge >= 0.3 is 0 Å². The van der Waals surface area contributed by atoms with Gasteiger partial charge in [-0.2, -0.15) is 0 Å². The lowest BCUT2D eigenvalue weighted by Gasteiger charge is -2.27. The van der Waals surface area contributed by atoms with Crippen LogP contribution in [0.25, 0.3) is 0 Å². The van der Waals surface area contributed by atoms with Crippen molar-refractivity contribution in [2.75, 3.05) is 19.0 Å². The van der Waals surface area contributed by atoms with E-state index in [9.17, 15) is 0 Å². The topological polar surface area (TPSA) is 3.24 Å². The molecule has 3 rings (SSSR count). The van der Waals surface area contributed by atoms with E-state index in [1.54, 1.807) is 5.56 Å². The molecule has 0 radical (unpaired) electrons. The number of benzene rings is 1. The highest BCUT2D eigenvalue weighted by atomic mass is 15.1. The van der Waals surface area contributed by atoms with Gasteiger partial charge in [-0.1, -0.05) is 24.6 Å². The summed E-state index contributed by atoms with van der Waals surface area (Å²) in [5.41, 5.74) is 3.03. The van der Waals surface area contributed by atoms with Crippen LogP contribution in [0.5, 0.6) is 0 Å². The Balaban J connectivity index is 1.94. The van der Waals surface area contributed by atoms with Crippen LogP contribution in [0.3, 0.4) is 0 Å².